The Bertz CT molecular complexity index is 934. The maximum Gasteiger partial charge on any atom is 0.343 e. The van der Waals surface area contributed by atoms with E-state index in [0.717, 1.165) is 6.20 Å². The Balaban J connectivity index is 2.34. The van der Waals surface area contributed by atoms with E-state index in [-0.39, 0.29) is 24.3 Å². The summed E-state index contributed by atoms with van der Waals surface area (Å²) in [5.41, 5.74) is -2.30. The number of benzene rings is 1. The molecule has 1 aromatic heterocycles. The van der Waals surface area contributed by atoms with E-state index in [1.54, 1.807) is 6.92 Å². The molecule has 0 amide bonds. The molecule has 0 atom stereocenters. The topological polar surface area (TPSA) is 68.5 Å². The maximum absolute atomic E-state index is 14.5. The summed E-state index contributed by atoms with van der Waals surface area (Å²) >= 11 is 0. The lowest BCUT2D eigenvalue weighted by molar-refractivity contribution is 0.0524. The average molecular weight is 369 g/mol. The predicted octanol–water partition coefficient (Wildman–Crippen LogP) is 2.86. The van der Waals surface area contributed by atoms with Crippen molar-refractivity contribution in [3.8, 4) is 0 Å². The summed E-state index contributed by atoms with van der Waals surface area (Å²) in [6.45, 7) is 1.50. The predicted molar refractivity (Wildman–Crippen MR) is 87.6 cm³/mol. The van der Waals surface area contributed by atoms with E-state index in [1.807, 2.05) is 0 Å². The quantitative estimate of drug-likeness (QED) is 0.628. The van der Waals surface area contributed by atoms with Gasteiger partial charge in [-0.25, -0.2) is 18.0 Å². The zero-order valence-electron chi connectivity index (χ0n) is 14.2. The highest BCUT2D eigenvalue weighted by Crippen LogP contribution is 2.49. The Labute approximate surface area is 147 Å². The van der Waals surface area contributed by atoms with Crippen molar-refractivity contribution in [1.82, 2.24) is 4.57 Å². The Hall–Kier alpha value is -2.35. The first-order valence-electron chi connectivity index (χ1n) is 8.37. The second-order valence-electron chi connectivity index (χ2n) is 6.40. The molecule has 0 saturated heterocycles. The number of halogens is 3. The minimum Gasteiger partial charge on any atom is -0.462 e. The van der Waals surface area contributed by atoms with E-state index < -0.39 is 39.8 Å². The van der Waals surface area contributed by atoms with Crippen LogP contribution in [0, 0.1) is 17.5 Å². The van der Waals surface area contributed by atoms with Crippen LogP contribution in [-0.2, 0) is 10.3 Å². The standard InChI is InChI=1S/C18H18F3NO4/c1-2-26-17(25)11-9-22(18(5-6-18)4-3-7-23)15-10(16(11)24)8-12(19)13(20)14(15)21/h8-9,23H,2-7H2,1H3. The second kappa shape index (κ2) is 6.75. The number of nitrogens with zero attached hydrogens (tertiary/aromatic N) is 1. The smallest absolute Gasteiger partial charge is 0.343 e. The maximum atomic E-state index is 14.5. The van der Waals surface area contributed by atoms with Crippen LogP contribution in [0.3, 0.4) is 0 Å². The number of carbonyl (C=O) groups is 1. The molecule has 0 bridgehead atoms. The first kappa shape index (κ1) is 18.4. The number of rotatable bonds is 6. The lowest BCUT2D eigenvalue weighted by Crippen LogP contribution is -2.27. The normalized spacial score (nSPS) is 15.3. The third kappa shape index (κ3) is 2.88. The molecule has 0 aliphatic heterocycles. The van der Waals surface area contributed by atoms with Gasteiger partial charge in [0.25, 0.3) is 0 Å². The molecule has 0 unspecified atom stereocenters. The van der Waals surface area contributed by atoms with E-state index in [9.17, 15) is 22.8 Å². The van der Waals surface area contributed by atoms with Crippen molar-refractivity contribution < 1.29 is 27.8 Å². The number of aliphatic hydroxyl groups is 1. The molecule has 3 rings (SSSR count). The number of aliphatic hydroxyl groups excluding tert-OH is 1. The summed E-state index contributed by atoms with van der Waals surface area (Å²) in [6.07, 6.45) is 3.22. The van der Waals surface area contributed by atoms with E-state index in [2.05, 4.69) is 0 Å². The number of aromatic nitrogens is 1. The molecule has 1 aromatic carbocycles. The van der Waals surface area contributed by atoms with Crippen LogP contribution in [-0.4, -0.2) is 28.9 Å². The summed E-state index contributed by atoms with van der Waals surface area (Å²) in [7, 11) is 0. The number of fused-ring (bicyclic) bond motifs is 1. The van der Waals surface area contributed by atoms with Gasteiger partial charge in [0, 0.05) is 18.3 Å². The summed E-state index contributed by atoms with van der Waals surface area (Å²) < 4.78 is 48.2. The number of pyridine rings is 1. The monoisotopic (exact) mass is 369 g/mol. The van der Waals surface area contributed by atoms with Crippen molar-refractivity contribution in [2.24, 2.45) is 0 Å². The zero-order chi connectivity index (χ0) is 19.1. The van der Waals surface area contributed by atoms with E-state index >= 15 is 0 Å². The fourth-order valence-electron chi connectivity index (χ4n) is 3.28. The fraction of sp³-hybridized carbons (Fsp3) is 0.444. The minimum absolute atomic E-state index is 0.0259. The molecule has 1 fully saturated rings. The Morgan fingerprint density at radius 3 is 2.58 bits per heavy atom. The molecule has 1 aliphatic carbocycles. The van der Waals surface area contributed by atoms with Gasteiger partial charge in [-0.3, -0.25) is 4.79 Å². The molecule has 0 spiro atoms. The highest BCUT2D eigenvalue weighted by atomic mass is 19.2. The van der Waals surface area contributed by atoms with Crippen molar-refractivity contribution in [3.63, 3.8) is 0 Å². The molecule has 8 heteroatoms. The van der Waals surface area contributed by atoms with Crippen molar-refractivity contribution in [2.75, 3.05) is 13.2 Å². The van der Waals surface area contributed by atoms with Crippen molar-refractivity contribution in [2.45, 2.75) is 38.1 Å². The van der Waals surface area contributed by atoms with E-state index in [1.165, 1.54) is 4.57 Å². The molecular formula is C18H18F3NO4. The molecule has 1 aliphatic rings. The number of hydrogen-bond donors (Lipinski definition) is 1. The van der Waals surface area contributed by atoms with Gasteiger partial charge in [-0.1, -0.05) is 0 Å². The molecule has 1 saturated carbocycles. The van der Waals surface area contributed by atoms with Gasteiger partial charge in [0.2, 0.25) is 5.43 Å². The van der Waals surface area contributed by atoms with Crippen molar-refractivity contribution >= 4 is 16.9 Å². The Morgan fingerprint density at radius 2 is 2.00 bits per heavy atom. The summed E-state index contributed by atoms with van der Waals surface area (Å²) in [6, 6.07) is 0.609. The van der Waals surface area contributed by atoms with Crippen LogP contribution >= 0.6 is 0 Å². The first-order valence-corrected chi connectivity index (χ1v) is 8.37. The molecule has 1 heterocycles. The largest absolute Gasteiger partial charge is 0.462 e. The van der Waals surface area contributed by atoms with Crippen LogP contribution in [0.15, 0.2) is 17.1 Å². The van der Waals surface area contributed by atoms with Crippen LogP contribution in [0.25, 0.3) is 10.9 Å². The van der Waals surface area contributed by atoms with Gasteiger partial charge in [0.15, 0.2) is 17.5 Å². The minimum atomic E-state index is -1.67. The second-order valence-corrected chi connectivity index (χ2v) is 6.40. The molecule has 140 valence electrons. The zero-order valence-corrected chi connectivity index (χ0v) is 14.2. The Morgan fingerprint density at radius 1 is 1.31 bits per heavy atom. The van der Waals surface area contributed by atoms with Gasteiger partial charge >= 0.3 is 5.97 Å². The summed E-state index contributed by atoms with van der Waals surface area (Å²) in [4.78, 5) is 24.7. The van der Waals surface area contributed by atoms with Gasteiger partial charge in [-0.05, 0) is 38.7 Å². The lowest BCUT2D eigenvalue weighted by atomic mass is 10.0. The lowest BCUT2D eigenvalue weighted by Gasteiger charge is -2.23. The highest BCUT2D eigenvalue weighted by molar-refractivity contribution is 5.94. The summed E-state index contributed by atoms with van der Waals surface area (Å²) in [5, 5.41) is 8.68. The van der Waals surface area contributed by atoms with Crippen LogP contribution in [0.5, 0.6) is 0 Å². The van der Waals surface area contributed by atoms with Crippen LogP contribution in [0.2, 0.25) is 0 Å². The molecule has 26 heavy (non-hydrogen) atoms. The number of ether oxygens (including phenoxy) is 1. The van der Waals surface area contributed by atoms with Crippen molar-refractivity contribution in [3.05, 3.63) is 45.5 Å². The molecule has 2 aromatic rings. The number of esters is 1. The molecule has 5 nitrogen and oxygen atoms in total. The highest BCUT2D eigenvalue weighted by Gasteiger charge is 2.45. The SMILES string of the molecule is CCOC(=O)c1cn(C2(CCCO)CC2)c2c(F)c(F)c(F)cc2c1=O. The van der Waals surface area contributed by atoms with Gasteiger partial charge in [-0.2, -0.15) is 0 Å². The van der Waals surface area contributed by atoms with Crippen LogP contribution < -0.4 is 5.43 Å². The number of carbonyl (C=O) groups excluding carboxylic acids is 1. The molecule has 1 N–H and O–H groups in total. The fourth-order valence-corrected chi connectivity index (χ4v) is 3.28. The third-order valence-electron chi connectivity index (χ3n) is 4.76. The summed E-state index contributed by atoms with van der Waals surface area (Å²) in [5.74, 6) is -5.55. The van der Waals surface area contributed by atoms with Gasteiger partial charge in [0.05, 0.1) is 17.5 Å². The average Bonchev–Trinajstić information content (AvgIpc) is 3.40. The van der Waals surface area contributed by atoms with E-state index in [0.29, 0.717) is 31.7 Å². The van der Waals surface area contributed by atoms with Crippen molar-refractivity contribution in [1.29, 1.82) is 0 Å². The number of hydrogen-bond acceptors (Lipinski definition) is 4. The molecular weight excluding hydrogens is 351 g/mol. The Kier molecular flexibility index (Phi) is 4.79. The van der Waals surface area contributed by atoms with Gasteiger partial charge in [-0.15, -0.1) is 0 Å². The first-order chi connectivity index (χ1) is 12.4. The van der Waals surface area contributed by atoms with Gasteiger partial charge < -0.3 is 14.4 Å². The van der Waals surface area contributed by atoms with Crippen LogP contribution in [0.1, 0.15) is 43.0 Å². The van der Waals surface area contributed by atoms with E-state index in [4.69, 9.17) is 9.84 Å². The van der Waals surface area contributed by atoms with Crippen LogP contribution in [0.4, 0.5) is 13.2 Å². The van der Waals surface area contributed by atoms with Gasteiger partial charge in [0.1, 0.15) is 5.56 Å². The third-order valence-corrected chi connectivity index (χ3v) is 4.76. The molecule has 0 radical (unpaired) electrons.